The number of oxime groups is 1. The van der Waals surface area contributed by atoms with Gasteiger partial charge in [-0.25, -0.2) is 0 Å². The number of carbonyl (C=O) groups excluding carboxylic acids is 1. The van der Waals surface area contributed by atoms with Crippen molar-refractivity contribution in [1.29, 1.82) is 0 Å². The van der Waals surface area contributed by atoms with Crippen molar-refractivity contribution in [1.82, 2.24) is 10.2 Å². The van der Waals surface area contributed by atoms with E-state index < -0.39 is 5.41 Å². The molecule has 7 nitrogen and oxygen atoms in total. The summed E-state index contributed by atoms with van der Waals surface area (Å²) in [5.41, 5.74) is 4.41. The zero-order valence-corrected chi connectivity index (χ0v) is 11.6. The minimum atomic E-state index is -1.03. The number of hydrogen-bond donors (Lipinski definition) is 3. The third-order valence-corrected chi connectivity index (χ3v) is 2.53. The molecule has 18 heavy (non-hydrogen) atoms. The molecule has 0 saturated carbocycles. The van der Waals surface area contributed by atoms with Crippen molar-refractivity contribution in [2.75, 3.05) is 40.4 Å². The summed E-state index contributed by atoms with van der Waals surface area (Å²) in [5.74, 6) is -0.414. The van der Waals surface area contributed by atoms with Crippen molar-refractivity contribution in [3.05, 3.63) is 0 Å². The molecule has 0 aliphatic carbocycles. The number of nitrogens with two attached hydrogens (primary N) is 1. The monoisotopic (exact) mass is 260 g/mol. The van der Waals surface area contributed by atoms with Gasteiger partial charge in [-0.05, 0) is 27.9 Å². The highest BCUT2D eigenvalue weighted by Crippen LogP contribution is 2.14. The van der Waals surface area contributed by atoms with E-state index in [0.717, 1.165) is 6.54 Å². The SMILES string of the molecule is CN(C)CCOCCNC(=O)C(C)(C)C(N)=NO. The largest absolute Gasteiger partial charge is 0.409 e. The number of nitrogens with one attached hydrogen (secondary N) is 1. The molecule has 0 saturated heterocycles. The van der Waals surface area contributed by atoms with Gasteiger partial charge in [-0.2, -0.15) is 0 Å². The third-order valence-electron chi connectivity index (χ3n) is 2.53. The Morgan fingerprint density at radius 3 is 2.56 bits per heavy atom. The van der Waals surface area contributed by atoms with Gasteiger partial charge in [-0.3, -0.25) is 4.79 Å². The molecule has 0 unspecified atom stereocenters. The van der Waals surface area contributed by atoms with Gasteiger partial charge in [-0.1, -0.05) is 5.16 Å². The van der Waals surface area contributed by atoms with Gasteiger partial charge in [-0.15, -0.1) is 0 Å². The van der Waals surface area contributed by atoms with Crippen LogP contribution in [0.15, 0.2) is 5.16 Å². The second-order valence-electron chi connectivity index (χ2n) is 4.78. The maximum atomic E-state index is 11.8. The van der Waals surface area contributed by atoms with E-state index in [1.54, 1.807) is 13.8 Å². The first-order valence-electron chi connectivity index (χ1n) is 5.81. The summed E-state index contributed by atoms with van der Waals surface area (Å²) < 4.78 is 5.33. The van der Waals surface area contributed by atoms with Crippen LogP contribution in [0, 0.1) is 5.41 Å². The molecule has 0 radical (unpaired) electrons. The second-order valence-corrected chi connectivity index (χ2v) is 4.78. The van der Waals surface area contributed by atoms with Crippen LogP contribution in [0.1, 0.15) is 13.8 Å². The Balaban J connectivity index is 3.84. The molecule has 106 valence electrons. The lowest BCUT2D eigenvalue weighted by molar-refractivity contribution is -0.126. The fourth-order valence-electron chi connectivity index (χ4n) is 1.05. The molecule has 0 heterocycles. The summed E-state index contributed by atoms with van der Waals surface area (Å²) in [6, 6.07) is 0. The molecule has 0 fully saturated rings. The average molecular weight is 260 g/mol. The zero-order valence-electron chi connectivity index (χ0n) is 11.6. The molecule has 0 aromatic rings. The van der Waals surface area contributed by atoms with Crippen LogP contribution in [0.25, 0.3) is 0 Å². The van der Waals surface area contributed by atoms with Crippen LogP contribution in [0.4, 0.5) is 0 Å². The summed E-state index contributed by atoms with van der Waals surface area (Å²) in [6.07, 6.45) is 0. The normalized spacial score (nSPS) is 12.8. The molecular formula is C11H24N4O3. The topological polar surface area (TPSA) is 100 Å². The summed E-state index contributed by atoms with van der Waals surface area (Å²) in [4.78, 5) is 13.8. The molecule has 0 rings (SSSR count). The van der Waals surface area contributed by atoms with Gasteiger partial charge in [0.2, 0.25) is 5.91 Å². The van der Waals surface area contributed by atoms with Crippen molar-refractivity contribution >= 4 is 11.7 Å². The minimum absolute atomic E-state index is 0.117. The van der Waals surface area contributed by atoms with Gasteiger partial charge in [0.25, 0.3) is 0 Å². The van der Waals surface area contributed by atoms with E-state index >= 15 is 0 Å². The van der Waals surface area contributed by atoms with Crippen LogP contribution in [-0.2, 0) is 9.53 Å². The molecule has 7 heteroatoms. The standard InChI is InChI=1S/C11H24N4O3/c1-11(2,9(12)14-17)10(16)13-5-7-18-8-6-15(3)4/h17H,5-8H2,1-4H3,(H2,12,14)(H,13,16). The van der Waals surface area contributed by atoms with Crippen LogP contribution in [0.3, 0.4) is 0 Å². The maximum absolute atomic E-state index is 11.8. The van der Waals surface area contributed by atoms with E-state index in [1.165, 1.54) is 0 Å². The quantitative estimate of drug-likeness (QED) is 0.179. The number of likely N-dealkylation sites (N-methyl/N-ethyl adjacent to an activating group) is 1. The van der Waals surface area contributed by atoms with E-state index in [4.69, 9.17) is 15.7 Å². The number of ether oxygens (including phenoxy) is 1. The highest BCUT2D eigenvalue weighted by molar-refractivity contribution is 6.05. The molecule has 0 aliphatic heterocycles. The van der Waals surface area contributed by atoms with Crippen LogP contribution >= 0.6 is 0 Å². The smallest absolute Gasteiger partial charge is 0.233 e. The molecule has 0 atom stereocenters. The van der Waals surface area contributed by atoms with E-state index in [-0.39, 0.29) is 11.7 Å². The van der Waals surface area contributed by atoms with E-state index in [9.17, 15) is 4.79 Å². The van der Waals surface area contributed by atoms with Crippen molar-refractivity contribution < 1.29 is 14.7 Å². The molecule has 4 N–H and O–H groups in total. The first kappa shape index (κ1) is 16.7. The molecule has 0 spiro atoms. The lowest BCUT2D eigenvalue weighted by atomic mass is 9.91. The Kier molecular flexibility index (Phi) is 7.30. The summed E-state index contributed by atoms with van der Waals surface area (Å²) in [7, 11) is 3.93. The van der Waals surface area contributed by atoms with E-state index in [0.29, 0.717) is 19.8 Å². The Labute approximate surface area is 108 Å². The number of nitrogens with zero attached hydrogens (tertiary/aromatic N) is 2. The van der Waals surface area contributed by atoms with Crippen molar-refractivity contribution in [2.24, 2.45) is 16.3 Å². The summed E-state index contributed by atoms with van der Waals surface area (Å²) >= 11 is 0. The first-order chi connectivity index (χ1) is 8.32. The van der Waals surface area contributed by atoms with Gasteiger partial charge in [0.1, 0.15) is 5.41 Å². The van der Waals surface area contributed by atoms with Gasteiger partial charge in [0.05, 0.1) is 13.2 Å². The molecule has 0 aromatic heterocycles. The van der Waals surface area contributed by atoms with Crippen LogP contribution in [0.5, 0.6) is 0 Å². The van der Waals surface area contributed by atoms with Gasteiger partial charge < -0.3 is 25.9 Å². The summed E-state index contributed by atoms with van der Waals surface area (Å²) in [6.45, 7) is 5.46. The van der Waals surface area contributed by atoms with Crippen molar-refractivity contribution in [2.45, 2.75) is 13.8 Å². The molecule has 0 aromatic carbocycles. The predicted octanol–water partition coefficient (Wildman–Crippen LogP) is -0.547. The summed E-state index contributed by atoms with van der Waals surface area (Å²) in [5, 5.41) is 14.1. The van der Waals surface area contributed by atoms with Crippen molar-refractivity contribution in [3.63, 3.8) is 0 Å². The Bertz CT molecular complexity index is 290. The Hall–Kier alpha value is -1.34. The van der Waals surface area contributed by atoms with Crippen molar-refractivity contribution in [3.8, 4) is 0 Å². The van der Waals surface area contributed by atoms with Crippen LogP contribution in [-0.4, -0.2) is 62.2 Å². The predicted molar refractivity (Wildman–Crippen MR) is 69.6 cm³/mol. The van der Waals surface area contributed by atoms with E-state index in [2.05, 4.69) is 10.5 Å². The van der Waals surface area contributed by atoms with Gasteiger partial charge in [0.15, 0.2) is 5.84 Å². The fourth-order valence-corrected chi connectivity index (χ4v) is 1.05. The van der Waals surface area contributed by atoms with Crippen LogP contribution in [0.2, 0.25) is 0 Å². The lowest BCUT2D eigenvalue weighted by Gasteiger charge is -2.21. The highest BCUT2D eigenvalue weighted by Gasteiger charge is 2.32. The Morgan fingerprint density at radius 1 is 1.44 bits per heavy atom. The van der Waals surface area contributed by atoms with Gasteiger partial charge in [0, 0.05) is 13.1 Å². The highest BCUT2D eigenvalue weighted by atomic mass is 16.5. The third kappa shape index (κ3) is 5.83. The average Bonchev–Trinajstić information content (AvgIpc) is 2.31. The van der Waals surface area contributed by atoms with E-state index in [1.807, 2.05) is 19.0 Å². The number of carbonyl (C=O) groups is 1. The maximum Gasteiger partial charge on any atom is 0.233 e. The number of hydrogen-bond acceptors (Lipinski definition) is 5. The van der Waals surface area contributed by atoms with Gasteiger partial charge >= 0.3 is 0 Å². The molecule has 0 aliphatic rings. The number of rotatable bonds is 8. The molecular weight excluding hydrogens is 236 g/mol. The van der Waals surface area contributed by atoms with Crippen LogP contribution < -0.4 is 11.1 Å². The zero-order chi connectivity index (χ0) is 14.2. The first-order valence-corrected chi connectivity index (χ1v) is 5.81. The number of amidine groups is 1. The minimum Gasteiger partial charge on any atom is -0.409 e. The number of amides is 1. The molecule has 0 bridgehead atoms. The molecule has 1 amide bonds. The lowest BCUT2D eigenvalue weighted by Crippen LogP contribution is -2.46. The second kappa shape index (κ2) is 7.88. The Morgan fingerprint density at radius 2 is 2.06 bits per heavy atom. The fraction of sp³-hybridized carbons (Fsp3) is 0.818.